The Morgan fingerprint density at radius 1 is 1.24 bits per heavy atom. The largest absolute Gasteiger partial charge is 0.460 e. The van der Waals surface area contributed by atoms with Crippen molar-refractivity contribution in [1.82, 2.24) is 24.5 Å². The summed E-state index contributed by atoms with van der Waals surface area (Å²) in [5.41, 5.74) is -1.84. The molecule has 11 heteroatoms. The van der Waals surface area contributed by atoms with Crippen molar-refractivity contribution in [3.63, 3.8) is 0 Å². The van der Waals surface area contributed by atoms with Crippen LogP contribution < -0.4 is 11.2 Å². The van der Waals surface area contributed by atoms with Gasteiger partial charge in [-0.3, -0.25) is 23.9 Å². The topological polar surface area (TPSA) is 149 Å². The molecule has 5 rings (SSSR count). The molecular formula is C30H41N5O6. The minimum atomic E-state index is -0.731. The Balaban J connectivity index is 1.41. The van der Waals surface area contributed by atoms with Gasteiger partial charge in [-0.1, -0.05) is 39.0 Å². The third-order valence-electron chi connectivity index (χ3n) is 11.0. The first-order valence-corrected chi connectivity index (χ1v) is 14.5. The van der Waals surface area contributed by atoms with Crippen LogP contribution in [0.15, 0.2) is 34.6 Å². The number of aromatic amines is 1. The predicted molar refractivity (Wildman–Crippen MR) is 150 cm³/mol. The van der Waals surface area contributed by atoms with E-state index in [-0.39, 0.29) is 42.0 Å². The zero-order valence-corrected chi connectivity index (χ0v) is 24.6. The van der Waals surface area contributed by atoms with E-state index in [2.05, 4.69) is 42.6 Å². The Kier molecular flexibility index (Phi) is 7.24. The number of hydrogen-bond donors (Lipinski definition) is 2. The van der Waals surface area contributed by atoms with E-state index < -0.39 is 40.3 Å². The van der Waals surface area contributed by atoms with E-state index in [0.717, 1.165) is 19.3 Å². The maximum atomic E-state index is 13.5. The number of Topliss-reactive ketones (excluding diaryl/α,β-unsaturated/α-hetero) is 1. The Bertz CT molecular complexity index is 1490. The lowest BCUT2D eigenvalue weighted by Crippen LogP contribution is -2.63. The fraction of sp³-hybridized carbons (Fsp3) is 0.667. The Morgan fingerprint density at radius 3 is 2.68 bits per heavy atom. The Hall–Kier alpha value is -3.34. The van der Waals surface area contributed by atoms with Gasteiger partial charge < -0.3 is 9.84 Å². The van der Waals surface area contributed by atoms with Gasteiger partial charge >= 0.3 is 11.7 Å². The van der Waals surface area contributed by atoms with Gasteiger partial charge in [-0.25, -0.2) is 9.48 Å². The first kappa shape index (κ1) is 29.2. The van der Waals surface area contributed by atoms with Gasteiger partial charge in [-0.2, -0.15) is 0 Å². The van der Waals surface area contributed by atoms with Gasteiger partial charge in [0.1, 0.15) is 24.1 Å². The monoisotopic (exact) mass is 567 g/mol. The fourth-order valence-corrected chi connectivity index (χ4v) is 8.23. The molecular weight excluding hydrogens is 526 g/mol. The summed E-state index contributed by atoms with van der Waals surface area (Å²) in [4.78, 5) is 53.0. The van der Waals surface area contributed by atoms with Crippen LogP contribution in [0.2, 0.25) is 0 Å². The molecule has 2 aromatic heterocycles. The van der Waals surface area contributed by atoms with Gasteiger partial charge in [0.2, 0.25) is 0 Å². The molecule has 8 atom stereocenters. The highest BCUT2D eigenvalue weighted by molar-refractivity contribution is 5.85. The summed E-state index contributed by atoms with van der Waals surface area (Å²) < 4.78 is 8.93. The third kappa shape index (κ3) is 4.62. The standard InChI is InChI=1S/C30H41N5O6/c1-7-28(5)12-22(29(6)18(3)8-10-30(19(4)25(28)38)11-9-21(36)24(29)30)41-23(37)16-35-15-20(32-33-35)14-34-13-17(2)26(39)31-27(34)40/h7,13,15,18-19,22,24-25,38H,1,8-12,14,16H2,2-6H3,(H,31,39,40)/t18-,19+,22-,24-,25+,28-,29+,30+/m1/s1. The first-order valence-electron chi connectivity index (χ1n) is 14.5. The second-order valence-corrected chi connectivity index (χ2v) is 13.2. The van der Waals surface area contributed by atoms with Gasteiger partial charge in [0.05, 0.1) is 18.8 Å². The summed E-state index contributed by atoms with van der Waals surface area (Å²) in [6.45, 7) is 13.8. The number of rotatable bonds is 6. The zero-order chi connectivity index (χ0) is 29.9. The second-order valence-electron chi connectivity index (χ2n) is 13.2. The summed E-state index contributed by atoms with van der Waals surface area (Å²) in [6.07, 6.45) is 6.77. The van der Waals surface area contributed by atoms with E-state index in [1.54, 1.807) is 19.2 Å². The van der Waals surface area contributed by atoms with Crippen molar-refractivity contribution in [2.45, 2.75) is 92.0 Å². The number of aromatic nitrogens is 5. The van der Waals surface area contributed by atoms with Crippen molar-refractivity contribution in [2.75, 3.05) is 0 Å². The van der Waals surface area contributed by atoms with Crippen molar-refractivity contribution in [3.05, 3.63) is 57.1 Å². The highest BCUT2D eigenvalue weighted by atomic mass is 16.5. The fourth-order valence-electron chi connectivity index (χ4n) is 8.23. The molecule has 2 heterocycles. The van der Waals surface area contributed by atoms with Crippen LogP contribution in [-0.4, -0.2) is 53.6 Å². The van der Waals surface area contributed by atoms with Crippen molar-refractivity contribution in [3.8, 4) is 0 Å². The van der Waals surface area contributed by atoms with Crippen molar-refractivity contribution in [1.29, 1.82) is 0 Å². The lowest BCUT2D eigenvalue weighted by molar-refractivity contribution is -0.207. The van der Waals surface area contributed by atoms with E-state index in [4.69, 9.17) is 4.74 Å². The molecule has 0 amide bonds. The molecule has 3 aliphatic carbocycles. The average Bonchev–Trinajstić information content (AvgIpc) is 3.51. The maximum Gasteiger partial charge on any atom is 0.328 e. The molecule has 0 saturated heterocycles. The van der Waals surface area contributed by atoms with Gasteiger partial charge in [0.15, 0.2) is 0 Å². The number of ketones is 1. The number of hydrogen-bond acceptors (Lipinski definition) is 8. The van der Waals surface area contributed by atoms with Crippen molar-refractivity contribution < 1.29 is 19.4 Å². The molecule has 3 saturated carbocycles. The Morgan fingerprint density at radius 2 is 1.98 bits per heavy atom. The first-order chi connectivity index (χ1) is 19.2. The molecule has 41 heavy (non-hydrogen) atoms. The van der Waals surface area contributed by atoms with Gasteiger partial charge in [-0.15, -0.1) is 11.7 Å². The van der Waals surface area contributed by atoms with Crippen molar-refractivity contribution in [2.24, 2.45) is 34.0 Å². The van der Waals surface area contributed by atoms with Crippen LogP contribution in [0.3, 0.4) is 0 Å². The molecule has 0 radical (unpaired) electrons. The lowest BCUT2D eigenvalue weighted by atomic mass is 9.44. The average molecular weight is 568 g/mol. The summed E-state index contributed by atoms with van der Waals surface area (Å²) in [5, 5.41) is 19.8. The number of ether oxygens (including phenoxy) is 1. The van der Waals surface area contributed by atoms with E-state index in [1.807, 2.05) is 6.92 Å². The number of carbonyl (C=O) groups is 2. The van der Waals surface area contributed by atoms with Gasteiger partial charge in [0, 0.05) is 34.9 Å². The second kappa shape index (κ2) is 10.2. The Labute approximate surface area is 239 Å². The van der Waals surface area contributed by atoms with E-state index >= 15 is 0 Å². The molecule has 0 aliphatic heterocycles. The van der Waals surface area contributed by atoms with Crippen LogP contribution in [0.1, 0.15) is 71.1 Å². The van der Waals surface area contributed by atoms with Crippen LogP contribution >= 0.6 is 0 Å². The van der Waals surface area contributed by atoms with E-state index in [1.165, 1.54) is 15.4 Å². The minimum absolute atomic E-state index is 0.0728. The molecule has 2 N–H and O–H groups in total. The van der Waals surface area contributed by atoms with Crippen LogP contribution in [0.25, 0.3) is 0 Å². The zero-order valence-electron chi connectivity index (χ0n) is 24.6. The lowest BCUT2D eigenvalue weighted by Gasteiger charge is -2.61. The summed E-state index contributed by atoms with van der Waals surface area (Å²) in [7, 11) is 0. The number of esters is 1. The molecule has 2 aromatic rings. The third-order valence-corrected chi connectivity index (χ3v) is 11.0. The normalized spacial score (nSPS) is 36.7. The highest BCUT2D eigenvalue weighted by Crippen LogP contribution is 2.68. The molecule has 0 aromatic carbocycles. The highest BCUT2D eigenvalue weighted by Gasteiger charge is 2.68. The maximum absolute atomic E-state index is 13.5. The number of aliphatic hydroxyl groups excluding tert-OH is 1. The van der Waals surface area contributed by atoms with Crippen LogP contribution in [0.5, 0.6) is 0 Å². The molecule has 11 nitrogen and oxygen atoms in total. The quantitative estimate of drug-likeness (QED) is 0.399. The smallest absolute Gasteiger partial charge is 0.328 e. The minimum Gasteiger partial charge on any atom is -0.460 e. The van der Waals surface area contributed by atoms with Crippen LogP contribution in [0.4, 0.5) is 0 Å². The molecule has 2 bridgehead atoms. The number of aryl methyl sites for hydroxylation is 1. The number of H-pyrrole nitrogens is 1. The van der Waals surface area contributed by atoms with Crippen LogP contribution in [-0.2, 0) is 27.4 Å². The molecule has 3 aliphatic rings. The SMILES string of the molecule is C=C[C@]1(C)C[C@@H](OC(=O)Cn2cc(Cn3cc(C)c(=O)[nH]c3=O)nn2)[C@]2(C)[C@H](C)CC[C@]3(CCC(=O)[C@@H]32)[C@@H](C)[C@@H]1O. The number of nitrogens with zero attached hydrogens (tertiary/aromatic N) is 4. The summed E-state index contributed by atoms with van der Waals surface area (Å²) in [5.74, 6) is -0.581. The number of carbonyl (C=O) groups excluding carboxylic acids is 2. The predicted octanol–water partition coefficient (Wildman–Crippen LogP) is 2.39. The summed E-state index contributed by atoms with van der Waals surface area (Å²) in [6, 6.07) is 0. The molecule has 3 fully saturated rings. The van der Waals surface area contributed by atoms with Gasteiger partial charge in [0.25, 0.3) is 5.56 Å². The number of nitrogens with one attached hydrogen (secondary N) is 1. The molecule has 0 unspecified atom stereocenters. The summed E-state index contributed by atoms with van der Waals surface area (Å²) >= 11 is 0. The van der Waals surface area contributed by atoms with Crippen LogP contribution in [0, 0.1) is 40.9 Å². The van der Waals surface area contributed by atoms with E-state index in [0.29, 0.717) is 24.1 Å². The van der Waals surface area contributed by atoms with Crippen molar-refractivity contribution >= 4 is 11.8 Å². The van der Waals surface area contributed by atoms with Gasteiger partial charge in [-0.05, 0) is 49.9 Å². The molecule has 0 spiro atoms. The van der Waals surface area contributed by atoms with E-state index in [9.17, 15) is 24.3 Å². The molecule has 222 valence electrons. The number of aliphatic hydroxyl groups is 1.